The molecule has 3 N–H and O–H groups in total. The second-order valence-electron chi connectivity index (χ2n) is 7.76. The van der Waals surface area contributed by atoms with Gasteiger partial charge in [-0.2, -0.15) is 0 Å². The number of nitrogens with zero attached hydrogens (tertiary/aromatic N) is 1. The Bertz CT molecular complexity index is 1480. The SMILES string of the molecule is CCOC(=O)CNC(=O)Nc1ccc2oc3c(OC)ccc(CC(=O)Nc4c(Cl)cncc4Cl)c3c2c1. The monoisotopic (exact) mass is 544 g/mol. The Morgan fingerprint density at radius 2 is 1.81 bits per heavy atom. The summed E-state index contributed by atoms with van der Waals surface area (Å²) < 4.78 is 16.3. The molecule has 12 heteroatoms. The summed E-state index contributed by atoms with van der Waals surface area (Å²) in [6.45, 7) is 1.64. The van der Waals surface area contributed by atoms with E-state index in [-0.39, 0.29) is 41.2 Å². The summed E-state index contributed by atoms with van der Waals surface area (Å²) in [6, 6.07) is 7.95. The largest absolute Gasteiger partial charge is 0.493 e. The van der Waals surface area contributed by atoms with Crippen LogP contribution in [0, 0.1) is 0 Å². The van der Waals surface area contributed by atoms with Gasteiger partial charge in [0.2, 0.25) is 5.91 Å². The fourth-order valence-electron chi connectivity index (χ4n) is 3.74. The summed E-state index contributed by atoms with van der Waals surface area (Å²) in [4.78, 5) is 40.5. The number of nitrogens with one attached hydrogen (secondary N) is 3. The van der Waals surface area contributed by atoms with E-state index in [1.54, 1.807) is 37.3 Å². The third-order valence-electron chi connectivity index (χ3n) is 5.31. The maximum absolute atomic E-state index is 12.9. The first-order valence-electron chi connectivity index (χ1n) is 11.1. The van der Waals surface area contributed by atoms with Crippen molar-refractivity contribution >= 4 is 74.4 Å². The average molecular weight is 545 g/mol. The van der Waals surface area contributed by atoms with E-state index in [4.69, 9.17) is 37.1 Å². The van der Waals surface area contributed by atoms with Crippen LogP contribution in [-0.2, 0) is 20.7 Å². The van der Waals surface area contributed by atoms with Gasteiger partial charge in [0, 0.05) is 28.9 Å². The minimum Gasteiger partial charge on any atom is -0.493 e. The molecule has 0 aliphatic carbocycles. The van der Waals surface area contributed by atoms with Crippen molar-refractivity contribution in [2.45, 2.75) is 13.3 Å². The molecule has 2 aromatic carbocycles. The second kappa shape index (κ2) is 11.4. The first-order valence-corrected chi connectivity index (χ1v) is 11.9. The quantitative estimate of drug-likeness (QED) is 0.261. The lowest BCUT2D eigenvalue weighted by atomic mass is 10.0. The number of rotatable bonds is 8. The molecule has 0 aliphatic rings. The van der Waals surface area contributed by atoms with E-state index in [1.165, 1.54) is 19.5 Å². The first-order chi connectivity index (χ1) is 17.8. The van der Waals surface area contributed by atoms with Crippen LogP contribution in [0.5, 0.6) is 5.75 Å². The number of carbonyl (C=O) groups excluding carboxylic acids is 3. The van der Waals surface area contributed by atoms with Gasteiger partial charge in [-0.3, -0.25) is 14.6 Å². The summed E-state index contributed by atoms with van der Waals surface area (Å²) in [5, 5.41) is 9.56. The van der Waals surface area contributed by atoms with E-state index >= 15 is 0 Å². The molecule has 0 fully saturated rings. The maximum Gasteiger partial charge on any atom is 0.325 e. The average Bonchev–Trinajstić information content (AvgIpc) is 3.25. The summed E-state index contributed by atoms with van der Waals surface area (Å²) in [5.41, 5.74) is 2.35. The molecule has 0 radical (unpaired) electrons. The van der Waals surface area contributed by atoms with E-state index in [2.05, 4.69) is 20.9 Å². The maximum atomic E-state index is 12.9. The van der Waals surface area contributed by atoms with Gasteiger partial charge in [0.15, 0.2) is 11.3 Å². The molecule has 2 aromatic heterocycles. The number of hydrogen-bond acceptors (Lipinski definition) is 7. The lowest BCUT2D eigenvalue weighted by molar-refractivity contribution is -0.141. The van der Waals surface area contributed by atoms with Crippen LogP contribution in [0.15, 0.2) is 47.1 Å². The smallest absolute Gasteiger partial charge is 0.325 e. The number of carbonyl (C=O) groups is 3. The number of urea groups is 1. The van der Waals surface area contributed by atoms with Crippen LogP contribution in [0.2, 0.25) is 10.0 Å². The highest BCUT2D eigenvalue weighted by molar-refractivity contribution is 6.39. The molecule has 0 spiro atoms. The van der Waals surface area contributed by atoms with E-state index in [0.717, 1.165) is 0 Å². The van der Waals surface area contributed by atoms with Gasteiger partial charge in [-0.1, -0.05) is 29.3 Å². The number of anilines is 2. The zero-order valence-electron chi connectivity index (χ0n) is 19.8. The van der Waals surface area contributed by atoms with Crippen LogP contribution in [0.3, 0.4) is 0 Å². The van der Waals surface area contributed by atoms with Crippen LogP contribution in [0.1, 0.15) is 12.5 Å². The summed E-state index contributed by atoms with van der Waals surface area (Å²) >= 11 is 12.3. The fraction of sp³-hybridized carbons (Fsp3) is 0.200. The molecule has 0 unspecified atom stereocenters. The zero-order chi connectivity index (χ0) is 26.5. The molecule has 37 heavy (non-hydrogen) atoms. The lowest BCUT2D eigenvalue weighted by Gasteiger charge is -2.10. The third-order valence-corrected chi connectivity index (χ3v) is 5.89. The molecular formula is C25H22Cl2N4O6. The van der Waals surface area contributed by atoms with E-state index < -0.39 is 12.0 Å². The molecule has 4 aromatic rings. The Hall–Kier alpha value is -4.02. The molecule has 0 bridgehead atoms. The number of pyridine rings is 1. The number of ether oxygens (including phenoxy) is 2. The van der Waals surface area contributed by atoms with Crippen LogP contribution in [0.25, 0.3) is 21.9 Å². The van der Waals surface area contributed by atoms with Crippen molar-refractivity contribution in [1.29, 1.82) is 0 Å². The number of amides is 3. The van der Waals surface area contributed by atoms with Gasteiger partial charge in [0.1, 0.15) is 12.1 Å². The number of hydrogen-bond donors (Lipinski definition) is 3. The molecule has 3 amide bonds. The first kappa shape index (κ1) is 26.1. The van der Waals surface area contributed by atoms with Crippen molar-refractivity contribution < 1.29 is 28.3 Å². The Kier molecular flexibility index (Phi) is 8.00. The Balaban J connectivity index is 1.64. The Labute approximate surface area is 221 Å². The van der Waals surface area contributed by atoms with Crippen LogP contribution in [-0.4, -0.2) is 43.2 Å². The summed E-state index contributed by atoms with van der Waals surface area (Å²) in [6.07, 6.45) is 2.74. The van der Waals surface area contributed by atoms with Crippen molar-refractivity contribution in [3.63, 3.8) is 0 Å². The van der Waals surface area contributed by atoms with Gasteiger partial charge >= 0.3 is 12.0 Å². The van der Waals surface area contributed by atoms with Crippen LogP contribution >= 0.6 is 23.2 Å². The number of esters is 1. The normalized spacial score (nSPS) is 10.8. The van der Waals surface area contributed by atoms with Crippen molar-refractivity contribution in [3.8, 4) is 5.75 Å². The molecule has 0 aliphatic heterocycles. The lowest BCUT2D eigenvalue weighted by Crippen LogP contribution is -2.34. The van der Waals surface area contributed by atoms with Gasteiger partial charge in [-0.15, -0.1) is 0 Å². The predicted octanol–water partition coefficient (Wildman–Crippen LogP) is 5.16. The molecule has 0 atom stereocenters. The van der Waals surface area contributed by atoms with Gasteiger partial charge in [-0.05, 0) is 36.8 Å². The highest BCUT2D eigenvalue weighted by Crippen LogP contribution is 2.38. The number of halogens is 2. The number of aromatic nitrogens is 1. The Morgan fingerprint density at radius 1 is 1.05 bits per heavy atom. The van der Waals surface area contributed by atoms with Gasteiger partial charge in [-0.25, -0.2) is 4.79 Å². The van der Waals surface area contributed by atoms with E-state index in [9.17, 15) is 14.4 Å². The minimum absolute atomic E-state index is 0.0260. The number of methoxy groups -OCH3 is 1. The molecular weight excluding hydrogens is 523 g/mol. The standard InChI is InChI=1S/C25H22Cl2N4O6/c1-3-36-21(33)12-29-25(34)30-14-5-7-18-15(9-14)22-13(4-6-19(35-2)24(22)37-18)8-20(32)31-23-16(26)10-28-11-17(23)27/h4-7,9-11H,3,8,12H2,1-2H3,(H,28,31,32)(H2,29,30,34). The highest BCUT2D eigenvalue weighted by Gasteiger charge is 2.19. The van der Waals surface area contributed by atoms with Crippen LogP contribution in [0.4, 0.5) is 16.2 Å². The highest BCUT2D eigenvalue weighted by atomic mass is 35.5. The third kappa shape index (κ3) is 5.87. The zero-order valence-corrected chi connectivity index (χ0v) is 21.3. The predicted molar refractivity (Wildman–Crippen MR) is 141 cm³/mol. The molecule has 4 rings (SSSR count). The van der Waals surface area contributed by atoms with Gasteiger partial charge < -0.3 is 29.8 Å². The number of furan rings is 1. The molecule has 0 saturated heterocycles. The van der Waals surface area contributed by atoms with Crippen LogP contribution < -0.4 is 20.7 Å². The fourth-order valence-corrected chi connectivity index (χ4v) is 4.20. The molecule has 192 valence electrons. The summed E-state index contributed by atoms with van der Waals surface area (Å²) in [5.74, 6) is -0.418. The van der Waals surface area contributed by atoms with E-state index in [1.807, 2.05) is 0 Å². The number of fused-ring (bicyclic) bond motifs is 3. The van der Waals surface area contributed by atoms with Crippen molar-refractivity contribution in [1.82, 2.24) is 10.3 Å². The minimum atomic E-state index is -0.580. The summed E-state index contributed by atoms with van der Waals surface area (Å²) in [7, 11) is 1.52. The van der Waals surface area contributed by atoms with Crippen molar-refractivity contribution in [3.05, 3.63) is 58.3 Å². The second-order valence-corrected chi connectivity index (χ2v) is 8.57. The van der Waals surface area contributed by atoms with Crippen molar-refractivity contribution in [2.24, 2.45) is 0 Å². The number of benzene rings is 2. The molecule has 0 saturated carbocycles. The van der Waals surface area contributed by atoms with E-state index in [0.29, 0.717) is 38.9 Å². The van der Waals surface area contributed by atoms with Gasteiger partial charge in [0.05, 0.1) is 35.9 Å². The molecule has 2 heterocycles. The van der Waals surface area contributed by atoms with Crippen molar-refractivity contribution in [2.75, 3.05) is 30.9 Å². The Morgan fingerprint density at radius 3 is 2.51 bits per heavy atom. The molecule has 10 nitrogen and oxygen atoms in total. The topological polar surface area (TPSA) is 132 Å². The van der Waals surface area contributed by atoms with Gasteiger partial charge in [0.25, 0.3) is 0 Å².